The molecule has 1 aromatic carbocycles. The number of carbonyl (C=O) groups excluding carboxylic acids is 1. The molecular formula is C14H18N2O4. The summed E-state index contributed by atoms with van der Waals surface area (Å²) in [5.74, 6) is -0.459. The number of ether oxygens (including phenoxy) is 1. The Hall–Kier alpha value is -2.11. The number of nitro groups is 1. The van der Waals surface area contributed by atoms with Crippen molar-refractivity contribution in [2.45, 2.75) is 25.7 Å². The SMILES string of the molecule is COC(=O)c1ccc([N+](=O)[O-])cc1N1CCCCCC1. The van der Waals surface area contributed by atoms with E-state index >= 15 is 0 Å². The highest BCUT2D eigenvalue weighted by molar-refractivity contribution is 5.96. The van der Waals surface area contributed by atoms with Crippen molar-refractivity contribution >= 4 is 17.3 Å². The van der Waals surface area contributed by atoms with E-state index in [1.807, 2.05) is 4.90 Å². The van der Waals surface area contributed by atoms with Crippen molar-refractivity contribution in [1.29, 1.82) is 0 Å². The van der Waals surface area contributed by atoms with Crippen LogP contribution in [0.2, 0.25) is 0 Å². The highest BCUT2D eigenvalue weighted by atomic mass is 16.6. The topological polar surface area (TPSA) is 72.7 Å². The third kappa shape index (κ3) is 3.07. The molecule has 1 fully saturated rings. The maximum absolute atomic E-state index is 11.8. The molecule has 108 valence electrons. The lowest BCUT2D eigenvalue weighted by atomic mass is 10.1. The Bertz CT molecular complexity index is 508. The van der Waals surface area contributed by atoms with Gasteiger partial charge in [-0.15, -0.1) is 0 Å². The second kappa shape index (κ2) is 6.36. The molecule has 0 aliphatic carbocycles. The summed E-state index contributed by atoms with van der Waals surface area (Å²) in [7, 11) is 1.32. The number of non-ortho nitro benzene ring substituents is 1. The van der Waals surface area contributed by atoms with Crippen LogP contribution in [0.25, 0.3) is 0 Å². The molecule has 0 aromatic heterocycles. The van der Waals surface area contributed by atoms with Crippen LogP contribution >= 0.6 is 0 Å². The summed E-state index contributed by atoms with van der Waals surface area (Å²) in [6.07, 6.45) is 4.37. The van der Waals surface area contributed by atoms with Crippen LogP contribution in [-0.2, 0) is 4.74 Å². The van der Waals surface area contributed by atoms with E-state index in [1.54, 1.807) is 0 Å². The molecule has 20 heavy (non-hydrogen) atoms. The Morgan fingerprint density at radius 1 is 1.25 bits per heavy atom. The Labute approximate surface area is 117 Å². The van der Waals surface area contributed by atoms with Crippen molar-refractivity contribution in [3.8, 4) is 0 Å². The zero-order valence-corrected chi connectivity index (χ0v) is 11.5. The Balaban J connectivity index is 2.41. The summed E-state index contributed by atoms with van der Waals surface area (Å²) >= 11 is 0. The van der Waals surface area contributed by atoms with E-state index in [9.17, 15) is 14.9 Å². The first-order chi connectivity index (χ1) is 9.63. The van der Waals surface area contributed by atoms with Gasteiger partial charge in [0.15, 0.2) is 0 Å². The molecule has 6 heteroatoms. The van der Waals surface area contributed by atoms with Crippen LogP contribution in [-0.4, -0.2) is 31.1 Å². The third-order valence-electron chi connectivity index (χ3n) is 3.54. The average Bonchev–Trinajstić information content (AvgIpc) is 2.74. The summed E-state index contributed by atoms with van der Waals surface area (Å²) < 4.78 is 4.76. The van der Waals surface area contributed by atoms with Crippen LogP contribution in [0.15, 0.2) is 18.2 Å². The van der Waals surface area contributed by atoms with Crippen LogP contribution in [0.1, 0.15) is 36.0 Å². The fraction of sp³-hybridized carbons (Fsp3) is 0.500. The van der Waals surface area contributed by atoms with Gasteiger partial charge < -0.3 is 9.64 Å². The Morgan fingerprint density at radius 3 is 2.45 bits per heavy atom. The average molecular weight is 278 g/mol. The Morgan fingerprint density at radius 2 is 1.90 bits per heavy atom. The van der Waals surface area contributed by atoms with Crippen molar-refractivity contribution in [2.75, 3.05) is 25.1 Å². The number of nitro benzene ring substituents is 1. The molecule has 0 N–H and O–H groups in total. The number of carbonyl (C=O) groups is 1. The molecule has 0 radical (unpaired) electrons. The van der Waals surface area contributed by atoms with E-state index in [-0.39, 0.29) is 5.69 Å². The van der Waals surface area contributed by atoms with Gasteiger partial charge in [0.25, 0.3) is 5.69 Å². The molecule has 0 atom stereocenters. The van der Waals surface area contributed by atoms with E-state index in [0.717, 1.165) is 38.8 Å². The van der Waals surface area contributed by atoms with Crippen LogP contribution < -0.4 is 4.90 Å². The fourth-order valence-corrected chi connectivity index (χ4v) is 2.49. The van der Waals surface area contributed by atoms with Gasteiger partial charge in [-0.05, 0) is 18.9 Å². The van der Waals surface area contributed by atoms with Gasteiger partial charge in [0.2, 0.25) is 0 Å². The molecule has 1 saturated heterocycles. The molecule has 1 aliphatic heterocycles. The van der Waals surface area contributed by atoms with Gasteiger partial charge in [0.05, 0.1) is 23.3 Å². The van der Waals surface area contributed by atoms with E-state index in [0.29, 0.717) is 11.3 Å². The molecule has 1 aromatic rings. The normalized spacial score (nSPS) is 15.6. The van der Waals surface area contributed by atoms with Gasteiger partial charge in [-0.1, -0.05) is 12.8 Å². The molecule has 6 nitrogen and oxygen atoms in total. The predicted octanol–water partition coefficient (Wildman–Crippen LogP) is 2.76. The van der Waals surface area contributed by atoms with Crippen LogP contribution in [0.5, 0.6) is 0 Å². The maximum Gasteiger partial charge on any atom is 0.339 e. The van der Waals surface area contributed by atoms with Gasteiger partial charge in [-0.3, -0.25) is 10.1 Å². The number of hydrogen-bond donors (Lipinski definition) is 0. The minimum Gasteiger partial charge on any atom is -0.465 e. The first kappa shape index (κ1) is 14.3. The monoisotopic (exact) mass is 278 g/mol. The highest BCUT2D eigenvalue weighted by Gasteiger charge is 2.21. The number of methoxy groups -OCH3 is 1. The quantitative estimate of drug-likeness (QED) is 0.483. The minimum absolute atomic E-state index is 0.00287. The van der Waals surface area contributed by atoms with Gasteiger partial charge >= 0.3 is 5.97 Å². The van der Waals surface area contributed by atoms with Gasteiger partial charge in [0, 0.05) is 25.2 Å². The lowest BCUT2D eigenvalue weighted by Gasteiger charge is -2.24. The van der Waals surface area contributed by atoms with E-state index < -0.39 is 10.9 Å². The largest absolute Gasteiger partial charge is 0.465 e. The minimum atomic E-state index is -0.459. The molecule has 2 rings (SSSR count). The smallest absolute Gasteiger partial charge is 0.339 e. The van der Waals surface area contributed by atoms with Gasteiger partial charge in [-0.2, -0.15) is 0 Å². The zero-order valence-electron chi connectivity index (χ0n) is 11.5. The van der Waals surface area contributed by atoms with E-state index in [1.165, 1.54) is 25.3 Å². The number of nitrogens with zero attached hydrogens (tertiary/aromatic N) is 2. The third-order valence-corrected chi connectivity index (χ3v) is 3.54. The first-order valence-corrected chi connectivity index (χ1v) is 6.75. The number of anilines is 1. The van der Waals surface area contributed by atoms with Gasteiger partial charge in [-0.25, -0.2) is 4.79 Å². The molecule has 0 amide bonds. The highest BCUT2D eigenvalue weighted by Crippen LogP contribution is 2.28. The number of benzene rings is 1. The molecular weight excluding hydrogens is 260 g/mol. The summed E-state index contributed by atoms with van der Waals surface area (Å²) in [6.45, 7) is 1.62. The first-order valence-electron chi connectivity index (χ1n) is 6.75. The second-order valence-corrected chi connectivity index (χ2v) is 4.85. The second-order valence-electron chi connectivity index (χ2n) is 4.85. The fourth-order valence-electron chi connectivity index (χ4n) is 2.49. The molecule has 1 heterocycles. The van der Waals surface area contributed by atoms with Crippen molar-refractivity contribution in [1.82, 2.24) is 0 Å². The molecule has 1 aliphatic rings. The van der Waals surface area contributed by atoms with Crippen LogP contribution in [0.4, 0.5) is 11.4 Å². The summed E-state index contributed by atoms with van der Waals surface area (Å²) in [5.41, 5.74) is 0.991. The standard InChI is InChI=1S/C14H18N2O4/c1-20-14(17)12-7-6-11(16(18)19)10-13(12)15-8-4-2-3-5-9-15/h6-7,10H,2-5,8-9H2,1H3. The van der Waals surface area contributed by atoms with Crippen molar-refractivity contribution in [3.63, 3.8) is 0 Å². The molecule has 0 spiro atoms. The Kier molecular flexibility index (Phi) is 4.55. The van der Waals surface area contributed by atoms with Gasteiger partial charge in [0.1, 0.15) is 0 Å². The maximum atomic E-state index is 11.8. The molecule has 0 unspecified atom stereocenters. The number of hydrogen-bond acceptors (Lipinski definition) is 5. The summed E-state index contributed by atoms with van der Waals surface area (Å²) in [4.78, 5) is 24.4. The molecule has 0 bridgehead atoms. The number of esters is 1. The van der Waals surface area contributed by atoms with Crippen molar-refractivity contribution in [2.24, 2.45) is 0 Å². The summed E-state index contributed by atoms with van der Waals surface area (Å²) in [6, 6.07) is 4.29. The lowest BCUT2D eigenvalue weighted by molar-refractivity contribution is -0.384. The van der Waals surface area contributed by atoms with Crippen LogP contribution in [0.3, 0.4) is 0 Å². The molecule has 0 saturated carbocycles. The predicted molar refractivity (Wildman–Crippen MR) is 75.1 cm³/mol. The lowest BCUT2D eigenvalue weighted by Crippen LogP contribution is -2.26. The van der Waals surface area contributed by atoms with Crippen molar-refractivity contribution < 1.29 is 14.5 Å². The van der Waals surface area contributed by atoms with Crippen molar-refractivity contribution in [3.05, 3.63) is 33.9 Å². The van der Waals surface area contributed by atoms with E-state index in [4.69, 9.17) is 4.74 Å². The summed E-state index contributed by atoms with van der Waals surface area (Å²) in [5, 5.41) is 10.9. The number of rotatable bonds is 3. The van der Waals surface area contributed by atoms with E-state index in [2.05, 4.69) is 0 Å². The van der Waals surface area contributed by atoms with Crippen LogP contribution in [0, 0.1) is 10.1 Å². The zero-order chi connectivity index (χ0) is 14.5.